The zero-order chi connectivity index (χ0) is 15.8. The van der Waals surface area contributed by atoms with Crippen LogP contribution in [0.5, 0.6) is 0 Å². The van der Waals surface area contributed by atoms with Crippen LogP contribution in [0.15, 0.2) is 48.5 Å². The molecule has 0 saturated carbocycles. The highest BCUT2D eigenvalue weighted by molar-refractivity contribution is 6.30. The summed E-state index contributed by atoms with van der Waals surface area (Å²) in [6, 6.07) is 16.6. The number of nitrogens with one attached hydrogen (secondary N) is 1. The molecule has 0 aliphatic carbocycles. The van der Waals surface area contributed by atoms with Crippen molar-refractivity contribution in [2.45, 2.75) is 31.1 Å². The first-order valence-electron chi connectivity index (χ1n) is 8.13. The van der Waals surface area contributed by atoms with Gasteiger partial charge in [-0.15, -0.1) is 0 Å². The number of benzene rings is 2. The second-order valence-corrected chi connectivity index (χ2v) is 6.80. The van der Waals surface area contributed by atoms with Crippen LogP contribution in [0.4, 0.5) is 5.69 Å². The Morgan fingerprint density at radius 2 is 1.96 bits per heavy atom. The van der Waals surface area contributed by atoms with Crippen molar-refractivity contribution < 1.29 is 9.84 Å². The minimum absolute atomic E-state index is 0.0268. The van der Waals surface area contributed by atoms with Crippen molar-refractivity contribution in [3.05, 3.63) is 64.7 Å². The number of anilines is 1. The minimum atomic E-state index is -0.0856. The van der Waals surface area contributed by atoms with E-state index in [1.54, 1.807) is 0 Å². The normalized spacial score (nSPS) is 29.3. The van der Waals surface area contributed by atoms with Crippen molar-refractivity contribution in [2.24, 2.45) is 5.92 Å². The van der Waals surface area contributed by atoms with Crippen molar-refractivity contribution in [3.8, 4) is 0 Å². The predicted octanol–water partition coefficient (Wildman–Crippen LogP) is 4.34. The van der Waals surface area contributed by atoms with Gasteiger partial charge >= 0.3 is 0 Å². The standard InChI is InChI=1S/C19H20ClNO2/c20-13-6-9-17-16(10-13)19-15(8-7-14(11-22)23-19)18(21-17)12-4-2-1-3-5-12/h1-6,9-10,14-15,18-19,21-22H,7-8,11H2/t14-,15+,18+,19+/m1/s1. The second-order valence-electron chi connectivity index (χ2n) is 6.37. The first kappa shape index (κ1) is 15.0. The van der Waals surface area contributed by atoms with E-state index >= 15 is 0 Å². The van der Waals surface area contributed by atoms with Gasteiger partial charge in [-0.1, -0.05) is 41.9 Å². The molecule has 4 heteroatoms. The molecule has 2 aromatic rings. The Hall–Kier alpha value is -1.55. The van der Waals surface area contributed by atoms with E-state index in [0.717, 1.165) is 29.1 Å². The van der Waals surface area contributed by atoms with Crippen molar-refractivity contribution >= 4 is 17.3 Å². The van der Waals surface area contributed by atoms with Crippen LogP contribution in [0.3, 0.4) is 0 Å². The van der Waals surface area contributed by atoms with Gasteiger partial charge in [0.05, 0.1) is 24.9 Å². The number of aliphatic hydroxyl groups excluding tert-OH is 1. The first-order chi connectivity index (χ1) is 11.3. The predicted molar refractivity (Wildman–Crippen MR) is 91.7 cm³/mol. The number of hydrogen-bond acceptors (Lipinski definition) is 3. The van der Waals surface area contributed by atoms with Crippen molar-refractivity contribution in [3.63, 3.8) is 0 Å². The average molecular weight is 330 g/mol. The van der Waals surface area contributed by atoms with Gasteiger partial charge in [0.15, 0.2) is 0 Å². The topological polar surface area (TPSA) is 41.5 Å². The molecule has 0 aromatic heterocycles. The molecule has 2 heterocycles. The lowest BCUT2D eigenvalue weighted by atomic mass is 9.76. The van der Waals surface area contributed by atoms with Gasteiger partial charge in [-0.3, -0.25) is 0 Å². The maximum Gasteiger partial charge on any atom is 0.0901 e. The zero-order valence-electron chi connectivity index (χ0n) is 12.8. The Kier molecular flexibility index (Phi) is 4.02. The van der Waals surface area contributed by atoms with E-state index in [-0.39, 0.29) is 24.9 Å². The molecule has 3 nitrogen and oxygen atoms in total. The molecule has 0 radical (unpaired) electrons. The van der Waals surface area contributed by atoms with Gasteiger partial charge in [-0.2, -0.15) is 0 Å². The van der Waals surface area contributed by atoms with E-state index in [4.69, 9.17) is 16.3 Å². The molecule has 0 amide bonds. The van der Waals surface area contributed by atoms with Gasteiger partial charge in [-0.25, -0.2) is 0 Å². The lowest BCUT2D eigenvalue weighted by Gasteiger charge is -2.45. The number of ether oxygens (including phenoxy) is 1. The van der Waals surface area contributed by atoms with Gasteiger partial charge in [0.1, 0.15) is 0 Å². The summed E-state index contributed by atoms with van der Waals surface area (Å²) in [5.41, 5.74) is 3.45. The third-order valence-corrected chi connectivity index (χ3v) is 5.21. The van der Waals surface area contributed by atoms with Crippen LogP contribution in [-0.2, 0) is 4.74 Å². The molecule has 0 spiro atoms. The summed E-state index contributed by atoms with van der Waals surface area (Å²) < 4.78 is 6.22. The Morgan fingerprint density at radius 1 is 1.13 bits per heavy atom. The van der Waals surface area contributed by atoms with Crippen LogP contribution in [0.1, 0.15) is 36.1 Å². The summed E-state index contributed by atoms with van der Waals surface area (Å²) in [5, 5.41) is 13.9. The summed E-state index contributed by atoms with van der Waals surface area (Å²) in [5.74, 6) is 0.339. The zero-order valence-corrected chi connectivity index (χ0v) is 13.5. The van der Waals surface area contributed by atoms with Crippen LogP contribution in [0.2, 0.25) is 5.02 Å². The Balaban J connectivity index is 1.76. The van der Waals surface area contributed by atoms with E-state index in [0.29, 0.717) is 5.92 Å². The molecule has 23 heavy (non-hydrogen) atoms. The number of aliphatic hydroxyl groups is 1. The highest BCUT2D eigenvalue weighted by Crippen LogP contribution is 2.50. The number of fused-ring (bicyclic) bond motifs is 3. The van der Waals surface area contributed by atoms with Crippen molar-refractivity contribution in [2.75, 3.05) is 11.9 Å². The molecule has 4 rings (SSSR count). The largest absolute Gasteiger partial charge is 0.394 e. The molecular formula is C19H20ClNO2. The molecule has 1 fully saturated rings. The van der Waals surface area contributed by atoms with Gasteiger partial charge in [-0.05, 0) is 36.6 Å². The van der Waals surface area contributed by atoms with Gasteiger partial charge < -0.3 is 15.2 Å². The maximum atomic E-state index is 9.50. The molecule has 2 aliphatic rings. The minimum Gasteiger partial charge on any atom is -0.394 e. The SMILES string of the molecule is OC[C@H]1CC[C@@H]2[C@H](O1)c1cc(Cl)ccc1N[C@H]2c1ccccc1. The summed E-state index contributed by atoms with van der Waals surface area (Å²) in [4.78, 5) is 0. The molecule has 2 N–H and O–H groups in total. The summed E-state index contributed by atoms with van der Waals surface area (Å²) >= 11 is 6.20. The van der Waals surface area contributed by atoms with Crippen molar-refractivity contribution in [1.29, 1.82) is 0 Å². The van der Waals surface area contributed by atoms with E-state index in [2.05, 4.69) is 29.6 Å². The third-order valence-electron chi connectivity index (χ3n) is 4.97. The number of hydrogen-bond donors (Lipinski definition) is 2. The molecule has 1 saturated heterocycles. The summed E-state index contributed by atoms with van der Waals surface area (Å²) in [7, 11) is 0. The van der Waals surface area contributed by atoms with E-state index in [9.17, 15) is 5.11 Å². The lowest BCUT2D eigenvalue weighted by Crippen LogP contribution is -2.39. The fourth-order valence-electron chi connectivity index (χ4n) is 3.85. The molecular weight excluding hydrogens is 310 g/mol. The van der Waals surface area contributed by atoms with E-state index in [1.807, 2.05) is 24.3 Å². The van der Waals surface area contributed by atoms with Crippen molar-refractivity contribution in [1.82, 2.24) is 0 Å². The Bertz CT molecular complexity index is 691. The molecule has 120 valence electrons. The lowest BCUT2D eigenvalue weighted by molar-refractivity contribution is -0.110. The fraction of sp³-hybridized carbons (Fsp3) is 0.368. The van der Waals surface area contributed by atoms with E-state index < -0.39 is 0 Å². The quantitative estimate of drug-likeness (QED) is 0.861. The molecule has 0 unspecified atom stereocenters. The van der Waals surface area contributed by atoms with Crippen LogP contribution in [0.25, 0.3) is 0 Å². The average Bonchev–Trinajstić information content (AvgIpc) is 2.61. The van der Waals surface area contributed by atoms with Crippen LogP contribution in [-0.4, -0.2) is 17.8 Å². The second kappa shape index (κ2) is 6.16. The summed E-state index contributed by atoms with van der Waals surface area (Å²) in [6.07, 6.45) is 1.80. The van der Waals surface area contributed by atoms with E-state index in [1.165, 1.54) is 5.56 Å². The molecule has 4 atom stereocenters. The Labute approximate surface area is 141 Å². The molecule has 2 aliphatic heterocycles. The van der Waals surface area contributed by atoms with Crippen LogP contribution < -0.4 is 5.32 Å². The highest BCUT2D eigenvalue weighted by Gasteiger charge is 2.42. The monoisotopic (exact) mass is 329 g/mol. The first-order valence-corrected chi connectivity index (χ1v) is 8.51. The highest BCUT2D eigenvalue weighted by atomic mass is 35.5. The maximum absolute atomic E-state index is 9.50. The van der Waals surface area contributed by atoms with Crippen LogP contribution >= 0.6 is 11.6 Å². The number of rotatable bonds is 2. The molecule has 2 aromatic carbocycles. The van der Waals surface area contributed by atoms with Gasteiger partial charge in [0.2, 0.25) is 0 Å². The van der Waals surface area contributed by atoms with Crippen LogP contribution in [0, 0.1) is 5.92 Å². The van der Waals surface area contributed by atoms with Gasteiger partial charge in [0, 0.05) is 22.2 Å². The smallest absolute Gasteiger partial charge is 0.0901 e. The third kappa shape index (κ3) is 2.74. The Morgan fingerprint density at radius 3 is 2.74 bits per heavy atom. The van der Waals surface area contributed by atoms with Gasteiger partial charge in [0.25, 0.3) is 0 Å². The fourth-order valence-corrected chi connectivity index (χ4v) is 4.03. The molecule has 0 bridgehead atoms. The number of halogens is 1. The summed E-state index contributed by atoms with van der Waals surface area (Å²) in [6.45, 7) is 0.0720.